The Labute approximate surface area is 108 Å². The van der Waals surface area contributed by atoms with Crippen LogP contribution in [0, 0.1) is 0 Å². The van der Waals surface area contributed by atoms with E-state index in [4.69, 9.17) is 0 Å². The lowest BCUT2D eigenvalue weighted by molar-refractivity contribution is -0.121. The number of amides is 1. The van der Waals surface area contributed by atoms with Crippen molar-refractivity contribution in [3.8, 4) is 0 Å². The molecule has 1 aromatic carbocycles. The molecule has 1 amide bonds. The van der Waals surface area contributed by atoms with Gasteiger partial charge in [-0.1, -0.05) is 25.1 Å². The molecule has 0 aliphatic carbocycles. The zero-order valence-corrected chi connectivity index (χ0v) is 11.0. The fourth-order valence-corrected chi connectivity index (χ4v) is 2.26. The second kappa shape index (κ2) is 5.71. The minimum absolute atomic E-state index is 0.143. The minimum Gasteiger partial charge on any atom is -0.361 e. The summed E-state index contributed by atoms with van der Waals surface area (Å²) in [5.74, 6) is 0.143. The van der Waals surface area contributed by atoms with E-state index in [1.165, 1.54) is 10.9 Å². The summed E-state index contributed by atoms with van der Waals surface area (Å²) in [6.45, 7) is 4.07. The third-order valence-corrected chi connectivity index (χ3v) is 3.09. The Morgan fingerprint density at radius 1 is 1.39 bits per heavy atom. The normalized spacial score (nSPS) is 12.6. The number of H-pyrrole nitrogens is 1. The maximum absolute atomic E-state index is 11.5. The first-order chi connectivity index (χ1) is 8.70. The molecule has 1 atom stereocenters. The van der Waals surface area contributed by atoms with Crippen molar-refractivity contribution in [2.45, 2.75) is 39.2 Å². The van der Waals surface area contributed by atoms with Crippen LogP contribution in [0.25, 0.3) is 10.9 Å². The first-order valence-electron chi connectivity index (χ1n) is 6.55. The number of carbonyl (C=O) groups is 1. The van der Waals surface area contributed by atoms with Crippen molar-refractivity contribution in [2.75, 3.05) is 0 Å². The average Bonchev–Trinajstić information content (AvgIpc) is 2.73. The van der Waals surface area contributed by atoms with Crippen LogP contribution in [-0.4, -0.2) is 16.9 Å². The first kappa shape index (κ1) is 12.7. The van der Waals surface area contributed by atoms with Gasteiger partial charge in [-0.25, -0.2) is 0 Å². The van der Waals surface area contributed by atoms with E-state index in [0.717, 1.165) is 18.4 Å². The number of aromatic nitrogens is 1. The van der Waals surface area contributed by atoms with E-state index in [1.807, 2.05) is 25.3 Å². The molecule has 0 aliphatic rings. The topological polar surface area (TPSA) is 44.9 Å². The van der Waals surface area contributed by atoms with Crippen LogP contribution in [0.5, 0.6) is 0 Å². The van der Waals surface area contributed by atoms with Gasteiger partial charge in [0.05, 0.1) is 0 Å². The van der Waals surface area contributed by atoms with Crippen molar-refractivity contribution >= 4 is 16.8 Å². The third-order valence-electron chi connectivity index (χ3n) is 3.09. The molecule has 0 spiro atoms. The van der Waals surface area contributed by atoms with Crippen LogP contribution in [-0.2, 0) is 11.2 Å². The van der Waals surface area contributed by atoms with Crippen LogP contribution in [0.2, 0.25) is 0 Å². The maximum atomic E-state index is 11.5. The van der Waals surface area contributed by atoms with E-state index < -0.39 is 0 Å². The van der Waals surface area contributed by atoms with E-state index in [0.29, 0.717) is 6.42 Å². The van der Waals surface area contributed by atoms with Crippen molar-refractivity contribution in [2.24, 2.45) is 0 Å². The van der Waals surface area contributed by atoms with Gasteiger partial charge < -0.3 is 10.3 Å². The van der Waals surface area contributed by atoms with Crippen molar-refractivity contribution in [1.29, 1.82) is 0 Å². The van der Waals surface area contributed by atoms with Crippen LogP contribution < -0.4 is 5.32 Å². The van der Waals surface area contributed by atoms with Crippen LogP contribution in [0.4, 0.5) is 0 Å². The van der Waals surface area contributed by atoms with Crippen molar-refractivity contribution in [1.82, 2.24) is 10.3 Å². The van der Waals surface area contributed by atoms with Crippen LogP contribution in [0.1, 0.15) is 32.3 Å². The molecular formula is C15H20N2O. The predicted octanol–water partition coefficient (Wildman–Crippen LogP) is 3.02. The molecule has 0 fully saturated rings. The van der Waals surface area contributed by atoms with Crippen molar-refractivity contribution < 1.29 is 4.79 Å². The molecule has 3 nitrogen and oxygen atoms in total. The smallest absolute Gasteiger partial charge is 0.220 e. The van der Waals surface area contributed by atoms with Crippen molar-refractivity contribution in [3.63, 3.8) is 0 Å². The summed E-state index contributed by atoms with van der Waals surface area (Å²) in [5.41, 5.74) is 2.41. The number of para-hydroxylation sites is 1. The second-order valence-corrected chi connectivity index (χ2v) is 4.78. The molecule has 2 N–H and O–H groups in total. The standard InChI is InChI=1S/C15H20N2O/c1-3-6-15(18)17-11(2)9-12-10-16-14-8-5-4-7-13(12)14/h4-5,7-8,10-11,16H,3,6,9H2,1-2H3,(H,17,18)/t11-/m0/s1. The monoisotopic (exact) mass is 244 g/mol. The summed E-state index contributed by atoms with van der Waals surface area (Å²) in [6, 6.07) is 8.42. The van der Waals surface area contributed by atoms with E-state index in [-0.39, 0.29) is 11.9 Å². The molecule has 0 unspecified atom stereocenters. The summed E-state index contributed by atoms with van der Waals surface area (Å²) in [6.07, 6.45) is 4.40. The summed E-state index contributed by atoms with van der Waals surface area (Å²) in [5, 5.41) is 4.28. The molecular weight excluding hydrogens is 224 g/mol. The predicted molar refractivity (Wildman–Crippen MR) is 74.5 cm³/mol. The lowest BCUT2D eigenvalue weighted by atomic mass is 10.1. The largest absolute Gasteiger partial charge is 0.361 e. The minimum atomic E-state index is 0.143. The number of rotatable bonds is 5. The molecule has 1 heterocycles. The molecule has 18 heavy (non-hydrogen) atoms. The molecule has 2 rings (SSSR count). The van der Waals surface area contributed by atoms with Gasteiger partial charge in [0, 0.05) is 29.6 Å². The van der Waals surface area contributed by atoms with Crippen molar-refractivity contribution in [3.05, 3.63) is 36.0 Å². The van der Waals surface area contributed by atoms with Gasteiger partial charge >= 0.3 is 0 Å². The summed E-state index contributed by atoms with van der Waals surface area (Å²) < 4.78 is 0. The van der Waals surface area contributed by atoms with Crippen LogP contribution in [0.3, 0.4) is 0 Å². The number of nitrogens with one attached hydrogen (secondary N) is 2. The van der Waals surface area contributed by atoms with Crippen LogP contribution in [0.15, 0.2) is 30.5 Å². The lowest BCUT2D eigenvalue weighted by Crippen LogP contribution is -2.33. The highest BCUT2D eigenvalue weighted by Crippen LogP contribution is 2.18. The van der Waals surface area contributed by atoms with Gasteiger partial charge in [-0.05, 0) is 31.4 Å². The van der Waals surface area contributed by atoms with E-state index in [2.05, 4.69) is 29.4 Å². The highest BCUT2D eigenvalue weighted by atomic mass is 16.1. The van der Waals surface area contributed by atoms with Crippen LogP contribution >= 0.6 is 0 Å². The molecule has 0 saturated heterocycles. The van der Waals surface area contributed by atoms with E-state index >= 15 is 0 Å². The fourth-order valence-electron chi connectivity index (χ4n) is 2.26. The Balaban J connectivity index is 2.03. The first-order valence-corrected chi connectivity index (χ1v) is 6.55. The Bertz CT molecular complexity index is 530. The maximum Gasteiger partial charge on any atom is 0.220 e. The zero-order valence-electron chi connectivity index (χ0n) is 11.0. The Hall–Kier alpha value is -1.77. The Kier molecular flexibility index (Phi) is 4.03. The summed E-state index contributed by atoms with van der Waals surface area (Å²) in [7, 11) is 0. The lowest BCUT2D eigenvalue weighted by Gasteiger charge is -2.13. The van der Waals surface area contributed by atoms with Gasteiger partial charge in [0.25, 0.3) is 0 Å². The number of fused-ring (bicyclic) bond motifs is 1. The molecule has 2 aromatic rings. The highest BCUT2D eigenvalue weighted by molar-refractivity contribution is 5.83. The second-order valence-electron chi connectivity index (χ2n) is 4.78. The highest BCUT2D eigenvalue weighted by Gasteiger charge is 2.10. The van der Waals surface area contributed by atoms with E-state index in [1.54, 1.807) is 0 Å². The molecule has 96 valence electrons. The number of benzene rings is 1. The quantitative estimate of drug-likeness (QED) is 0.834. The van der Waals surface area contributed by atoms with E-state index in [9.17, 15) is 4.79 Å². The molecule has 0 saturated carbocycles. The van der Waals surface area contributed by atoms with Gasteiger partial charge in [-0.2, -0.15) is 0 Å². The number of hydrogen-bond acceptors (Lipinski definition) is 1. The summed E-state index contributed by atoms with van der Waals surface area (Å²) in [4.78, 5) is 14.8. The fraction of sp³-hybridized carbons (Fsp3) is 0.400. The van der Waals surface area contributed by atoms with Gasteiger partial charge in [0.1, 0.15) is 0 Å². The number of carbonyl (C=O) groups excluding carboxylic acids is 1. The van der Waals surface area contributed by atoms with Gasteiger partial charge in [0.2, 0.25) is 5.91 Å². The zero-order chi connectivity index (χ0) is 13.0. The molecule has 1 aromatic heterocycles. The SMILES string of the molecule is CCCC(=O)N[C@@H](C)Cc1c[nH]c2ccccc12. The van der Waals surface area contributed by atoms with Gasteiger partial charge in [0.15, 0.2) is 0 Å². The molecule has 0 bridgehead atoms. The third kappa shape index (κ3) is 2.92. The number of aromatic amines is 1. The average molecular weight is 244 g/mol. The Morgan fingerprint density at radius 3 is 2.94 bits per heavy atom. The Morgan fingerprint density at radius 2 is 2.17 bits per heavy atom. The summed E-state index contributed by atoms with van der Waals surface area (Å²) >= 11 is 0. The van der Waals surface area contributed by atoms with Gasteiger partial charge in [-0.15, -0.1) is 0 Å². The molecule has 0 aliphatic heterocycles. The molecule has 3 heteroatoms. The number of hydrogen-bond donors (Lipinski definition) is 2. The van der Waals surface area contributed by atoms with Gasteiger partial charge in [-0.3, -0.25) is 4.79 Å². The molecule has 0 radical (unpaired) electrons.